The molecule has 0 aliphatic carbocycles. The number of nitrogens with zero attached hydrogens (tertiary/aromatic N) is 2. The second-order valence-corrected chi connectivity index (χ2v) is 12.7. The van der Waals surface area contributed by atoms with Gasteiger partial charge in [0.15, 0.2) is 0 Å². The van der Waals surface area contributed by atoms with Gasteiger partial charge in [-0.2, -0.15) is 0 Å². The van der Waals surface area contributed by atoms with Crippen molar-refractivity contribution in [1.29, 1.82) is 0 Å². The van der Waals surface area contributed by atoms with Crippen LogP contribution >= 0.6 is 0 Å². The fourth-order valence-electron chi connectivity index (χ4n) is 3.34. The first kappa shape index (κ1) is 13.7. The van der Waals surface area contributed by atoms with Crippen molar-refractivity contribution in [2.45, 2.75) is 39.3 Å². The van der Waals surface area contributed by atoms with Gasteiger partial charge in [0.05, 0.1) is 11.3 Å². The maximum Gasteiger partial charge on any atom is 0.147 e. The van der Waals surface area contributed by atoms with Gasteiger partial charge >= 0.3 is 0 Å². The average Bonchev–Trinajstić information content (AvgIpc) is 3.04. The summed E-state index contributed by atoms with van der Waals surface area (Å²) in [7, 11) is -1.72. The van der Waals surface area contributed by atoms with Gasteiger partial charge in [0, 0.05) is 32.6 Å². The molecule has 26 heavy (non-hydrogen) atoms. The third kappa shape index (κ3) is 2.74. The Morgan fingerprint density at radius 2 is 1.92 bits per heavy atom. The highest BCUT2D eigenvalue weighted by Crippen LogP contribution is 2.35. The van der Waals surface area contributed by atoms with Gasteiger partial charge in [0.2, 0.25) is 0 Å². The first-order chi connectivity index (χ1) is 13.6. The van der Waals surface area contributed by atoms with Crippen LogP contribution in [0.25, 0.3) is 33.2 Å². The van der Waals surface area contributed by atoms with Gasteiger partial charge in [-0.25, -0.2) is 0 Å². The number of aromatic nitrogens is 2. The molecular formula is C22H24N2OSi. The number of rotatable bonds is 3. The van der Waals surface area contributed by atoms with Crippen LogP contribution < -0.4 is 5.32 Å². The lowest BCUT2D eigenvalue weighted by Gasteiger charge is -2.17. The van der Waals surface area contributed by atoms with Gasteiger partial charge in [-0.15, -0.1) is 0 Å². The second kappa shape index (κ2) is 6.06. The van der Waals surface area contributed by atoms with E-state index in [4.69, 9.17) is 13.5 Å². The maximum absolute atomic E-state index is 7.74. The van der Waals surface area contributed by atoms with E-state index < -0.39 is 20.8 Å². The highest BCUT2D eigenvalue weighted by Gasteiger charge is 2.26. The second-order valence-electron chi connectivity index (χ2n) is 7.77. The summed E-state index contributed by atoms with van der Waals surface area (Å²) in [6.07, 6.45) is 3.48. The molecule has 3 nitrogen and oxygen atoms in total. The van der Waals surface area contributed by atoms with Gasteiger partial charge in [-0.05, 0) is 29.7 Å². The molecule has 0 bridgehead atoms. The van der Waals surface area contributed by atoms with Crippen molar-refractivity contribution >= 4 is 35.3 Å². The summed E-state index contributed by atoms with van der Waals surface area (Å²) in [5.41, 5.74) is 3.79. The summed E-state index contributed by atoms with van der Waals surface area (Å²) in [5, 5.41) is 3.21. The molecule has 0 N–H and O–H groups in total. The predicted molar refractivity (Wildman–Crippen MR) is 112 cm³/mol. The van der Waals surface area contributed by atoms with Crippen LogP contribution in [0.2, 0.25) is 19.6 Å². The molecule has 3 heterocycles. The van der Waals surface area contributed by atoms with E-state index in [-0.39, 0.29) is 0 Å². The van der Waals surface area contributed by atoms with Gasteiger partial charge < -0.3 is 4.42 Å². The first-order valence-corrected chi connectivity index (χ1v) is 12.3. The summed E-state index contributed by atoms with van der Waals surface area (Å²) in [6, 6.07) is 11.6. The van der Waals surface area contributed by atoms with E-state index in [0.717, 1.165) is 38.4 Å². The van der Waals surface area contributed by atoms with Crippen LogP contribution in [0.4, 0.5) is 0 Å². The van der Waals surface area contributed by atoms with E-state index in [9.17, 15) is 0 Å². The molecule has 4 aromatic rings. The third-order valence-electron chi connectivity index (χ3n) is 4.67. The monoisotopic (exact) mass is 363 g/mol. The lowest BCUT2D eigenvalue weighted by Crippen LogP contribution is -2.40. The molecule has 132 valence electrons. The Morgan fingerprint density at radius 3 is 2.69 bits per heavy atom. The quantitative estimate of drug-likeness (QED) is 0.438. The van der Waals surface area contributed by atoms with E-state index >= 15 is 0 Å². The number of benzene rings is 1. The first-order valence-electron chi connectivity index (χ1n) is 10.3. The molecule has 0 saturated heterocycles. The molecule has 4 rings (SSSR count). The van der Waals surface area contributed by atoms with E-state index in [0.29, 0.717) is 5.69 Å². The fraction of sp³-hybridized carbons (Fsp3) is 0.273. The summed E-state index contributed by atoms with van der Waals surface area (Å²) in [4.78, 5) is 9.36. The Balaban J connectivity index is 1.99. The van der Waals surface area contributed by atoms with Crippen molar-refractivity contribution in [3.63, 3.8) is 0 Å². The van der Waals surface area contributed by atoms with Gasteiger partial charge in [0.25, 0.3) is 0 Å². The van der Waals surface area contributed by atoms with Crippen molar-refractivity contribution in [1.82, 2.24) is 9.97 Å². The predicted octanol–water partition coefficient (Wildman–Crippen LogP) is 5.71. The highest BCUT2D eigenvalue weighted by molar-refractivity contribution is 6.90. The normalized spacial score (nSPS) is 15.6. The Kier molecular flexibility index (Phi) is 3.19. The van der Waals surface area contributed by atoms with Crippen LogP contribution in [-0.4, -0.2) is 18.0 Å². The van der Waals surface area contributed by atoms with E-state index in [1.54, 1.807) is 19.2 Å². The molecular weight excluding hydrogens is 336 g/mol. The minimum Gasteiger partial charge on any atom is -0.455 e. The topological polar surface area (TPSA) is 38.9 Å². The lowest BCUT2D eigenvalue weighted by atomic mass is 10.0. The number of hydrogen-bond acceptors (Lipinski definition) is 3. The molecule has 4 heteroatoms. The Labute approximate surface area is 159 Å². The molecule has 0 aliphatic rings. The molecule has 3 aromatic heterocycles. The van der Waals surface area contributed by atoms with Crippen LogP contribution in [0, 0.1) is 0 Å². The van der Waals surface area contributed by atoms with Crippen LogP contribution in [-0.2, 0) is 0 Å². The summed E-state index contributed by atoms with van der Waals surface area (Å²) in [6.45, 7) is 6.47. The number of pyridine rings is 2. The highest BCUT2D eigenvalue weighted by atomic mass is 28.3. The molecule has 1 unspecified atom stereocenters. The number of furan rings is 1. The SMILES string of the molecule is [2H]C([2H])([2H])C(C)c1ccnc(-c2cnc([Si](C)(C)C)c3c2oc2ccccc23)c1. The zero-order valence-electron chi connectivity index (χ0n) is 18.5. The number of hydrogen-bond donors (Lipinski definition) is 0. The summed E-state index contributed by atoms with van der Waals surface area (Å²) >= 11 is 0. The Morgan fingerprint density at radius 1 is 1.12 bits per heavy atom. The third-order valence-corrected chi connectivity index (χ3v) is 6.47. The number of fused-ring (bicyclic) bond motifs is 3. The zero-order valence-corrected chi connectivity index (χ0v) is 16.5. The fourth-order valence-corrected chi connectivity index (χ4v) is 4.79. The van der Waals surface area contributed by atoms with Crippen molar-refractivity contribution in [2.75, 3.05) is 0 Å². The van der Waals surface area contributed by atoms with Crippen LogP contribution in [0.3, 0.4) is 0 Å². The number of para-hydroxylation sites is 1. The molecule has 0 amide bonds. The van der Waals surface area contributed by atoms with Crippen molar-refractivity contribution in [3.05, 3.63) is 54.4 Å². The van der Waals surface area contributed by atoms with Gasteiger partial charge in [-0.3, -0.25) is 9.97 Å². The standard InChI is InChI=1S/C22H24N2OSi/c1-14(2)15-10-11-23-18(12-15)17-13-24-22(26(3,4)5)20-16-8-6-7-9-19(16)25-21(17)20/h6-14H,1-5H3/i1D3. The Bertz CT molecular complexity index is 1210. The summed E-state index contributed by atoms with van der Waals surface area (Å²) < 4.78 is 29.5. The minimum absolute atomic E-state index is 0.579. The lowest BCUT2D eigenvalue weighted by molar-refractivity contribution is 0.669. The molecule has 0 radical (unpaired) electrons. The molecule has 1 aromatic carbocycles. The van der Waals surface area contributed by atoms with Gasteiger partial charge in [0.1, 0.15) is 19.2 Å². The molecule has 1 atom stereocenters. The van der Waals surface area contributed by atoms with Crippen LogP contribution in [0.15, 0.2) is 53.2 Å². The summed E-state index contributed by atoms with van der Waals surface area (Å²) in [5.74, 6) is -0.579. The van der Waals surface area contributed by atoms with Crippen molar-refractivity contribution in [2.24, 2.45) is 0 Å². The maximum atomic E-state index is 7.74. The van der Waals surface area contributed by atoms with Crippen molar-refractivity contribution < 1.29 is 8.53 Å². The largest absolute Gasteiger partial charge is 0.455 e. The molecule has 0 aliphatic heterocycles. The van der Waals surface area contributed by atoms with E-state index in [1.807, 2.05) is 30.5 Å². The molecule has 0 spiro atoms. The van der Waals surface area contributed by atoms with Crippen molar-refractivity contribution in [3.8, 4) is 11.3 Å². The van der Waals surface area contributed by atoms with E-state index in [2.05, 4.69) is 30.7 Å². The van der Waals surface area contributed by atoms with E-state index in [1.165, 1.54) is 0 Å². The van der Waals surface area contributed by atoms with Crippen LogP contribution in [0.1, 0.15) is 29.4 Å². The average molecular weight is 364 g/mol. The minimum atomic E-state index is -2.06. The Hall–Kier alpha value is -2.46. The smallest absolute Gasteiger partial charge is 0.147 e. The molecule has 0 saturated carbocycles. The zero-order chi connectivity index (χ0) is 21.0. The van der Waals surface area contributed by atoms with Crippen LogP contribution in [0.5, 0.6) is 0 Å². The molecule has 0 fully saturated rings. The van der Waals surface area contributed by atoms with Gasteiger partial charge in [-0.1, -0.05) is 51.6 Å².